The molecule has 4 aromatic carbocycles. The highest BCUT2D eigenvalue weighted by Gasteiger charge is 2.45. The van der Waals surface area contributed by atoms with Gasteiger partial charge in [-0.15, -0.1) is 22.7 Å². The molecule has 10 atom stereocenters. The number of hydrogen-bond donors (Lipinski definition) is 3. The van der Waals surface area contributed by atoms with Crippen LogP contribution < -0.4 is 10.6 Å². The molecule has 0 radical (unpaired) electrons. The highest BCUT2D eigenvalue weighted by atomic mass is 32.1. The number of esters is 2. The maximum atomic E-state index is 15.5. The fourth-order valence-corrected chi connectivity index (χ4v) is 16.8. The zero-order chi connectivity index (χ0) is 83.3. The number of aliphatic hydroxyl groups is 1. The lowest BCUT2D eigenvalue weighted by molar-refractivity contribution is -0.146. The van der Waals surface area contributed by atoms with E-state index in [2.05, 4.69) is 80.4 Å². The minimum Gasteiger partial charge on any atom is -0.469 e. The SMILES string of the molecule is CCC(=O)[C@@H](CC(=O)[C@H](Cc1ccccc1F)C[C@H](O)[C@H](Cc1ccc(-c2cnc(CC)s2)cc1)NC(=O)[C@@H](CC(=O)OC)C(C)(C)C)C(C)(C)C.CCC(=O)[C@@H](CC(=O)[C@H](Cc1ccccc1F)C[C@H](O[Si](C)(C)C(C)(C)C)[C@H](Cc1ccc(-c2cnc(CC)s2)cc1)NC(=O)[C@@H](CC(=O)OC)C(C)(C)C)C(C)(C)C.F. The molecule has 0 unspecified atom stereocenters. The van der Waals surface area contributed by atoms with Crippen molar-refractivity contribution < 1.29 is 70.8 Å². The van der Waals surface area contributed by atoms with Crippen molar-refractivity contribution >= 4 is 77.9 Å². The number of aromatic nitrogens is 2. The largest absolute Gasteiger partial charge is 0.469 e. The number of amides is 2. The van der Waals surface area contributed by atoms with E-state index in [0.29, 0.717) is 24.0 Å². The van der Waals surface area contributed by atoms with Gasteiger partial charge in [0.25, 0.3) is 0 Å². The molecule has 22 heteroatoms. The maximum Gasteiger partial charge on any atom is 0.306 e. The molecule has 112 heavy (non-hydrogen) atoms. The number of ketones is 4. The first kappa shape index (κ1) is 97.0. The van der Waals surface area contributed by atoms with Crippen molar-refractivity contribution in [3.63, 3.8) is 0 Å². The van der Waals surface area contributed by atoms with Gasteiger partial charge >= 0.3 is 11.9 Å². The van der Waals surface area contributed by atoms with Crippen LogP contribution in [0.5, 0.6) is 0 Å². The molecule has 6 aromatic rings. The standard InChI is InChI=1S/C48H71FN2O6SSi.C42H57FN2O6S.FH/c1-15-39(52)35(46(3,4)5)28-40(53)34(26-33-19-17-18-20-37(33)49)27-41(57-59(13,14)48(9,10)11)38(51-45(55)36(47(6,7)8)29-44(54)56-12)25-31-21-23-32(24-22-31)42-30-50-43(16-2)58-42;1-10-34(46)30(41(3,4)5)23-35(47)29(21-28-14-12-13-15-32(28)43)22-36(48)33(45-40(50)31(42(6,7)8)24-39(49)51-9)20-26-16-18-27(19-17-26)37-25-44-38(11-2)52-37;/h17-24,30,34-36,38,41H,15-16,25-29H2,1-14H3,(H,51,55);12-19,25,29-31,33,36,48H,10-11,20-24H2,1-9H3,(H,45,50);1H/t34-,35-,36-,38+,41+;29-,30-,31-,33+,36+;/m11./s1. The topological polar surface area (TPSA) is 234 Å². The number of nitrogens with zero attached hydrogens (tertiary/aromatic N) is 2. The molecule has 0 aliphatic carbocycles. The number of methoxy groups -OCH3 is 2. The summed E-state index contributed by atoms with van der Waals surface area (Å²) in [5.74, 6) is -7.12. The van der Waals surface area contributed by atoms with E-state index in [4.69, 9.17) is 13.9 Å². The molecule has 0 spiro atoms. The fourth-order valence-electron chi connectivity index (χ4n) is 13.7. The monoisotopic (exact) mass is 1610 g/mol. The molecular weight excluding hydrogens is 1480 g/mol. The van der Waals surface area contributed by atoms with Crippen molar-refractivity contribution in [2.45, 2.75) is 264 Å². The number of hydrogen-bond acceptors (Lipinski definition) is 16. The van der Waals surface area contributed by atoms with E-state index in [9.17, 15) is 47.9 Å². The second kappa shape index (κ2) is 42.8. The van der Waals surface area contributed by atoms with Gasteiger partial charge in [-0.2, -0.15) is 0 Å². The molecule has 0 fully saturated rings. The number of Topliss-reactive ketones (excluding diaryl/α,β-unsaturated/α-hetero) is 4. The van der Waals surface area contributed by atoms with E-state index >= 15 is 4.39 Å². The number of aliphatic hydroxyl groups excluding tert-OH is 1. The van der Waals surface area contributed by atoms with Crippen LogP contribution in [0, 0.1) is 68.8 Å². The normalized spacial score (nSPS) is 14.9. The van der Waals surface area contributed by atoms with Crippen LogP contribution in [0.3, 0.4) is 0 Å². The second-order valence-electron chi connectivity index (χ2n) is 35.6. The van der Waals surface area contributed by atoms with Crippen LogP contribution in [-0.2, 0) is 90.8 Å². The molecule has 0 bridgehead atoms. The number of aryl methyl sites for hydroxylation is 2. The van der Waals surface area contributed by atoms with Gasteiger partial charge in [0.15, 0.2) is 8.32 Å². The van der Waals surface area contributed by atoms with Gasteiger partial charge in [0, 0.05) is 61.7 Å². The van der Waals surface area contributed by atoms with E-state index in [0.717, 1.165) is 54.9 Å². The number of thiazole rings is 2. The Hall–Kier alpha value is -7.37. The lowest BCUT2D eigenvalue weighted by Gasteiger charge is -2.43. The highest BCUT2D eigenvalue weighted by molar-refractivity contribution is 7.15. The molecule has 0 saturated heterocycles. The van der Waals surface area contributed by atoms with Crippen LogP contribution in [0.15, 0.2) is 109 Å². The highest BCUT2D eigenvalue weighted by Crippen LogP contribution is 2.42. The maximum absolute atomic E-state index is 15.5. The van der Waals surface area contributed by atoms with Gasteiger partial charge in [0.05, 0.1) is 83.0 Å². The number of carbonyl (C=O) groups excluding carboxylic acids is 8. The van der Waals surface area contributed by atoms with Crippen LogP contribution in [-0.4, -0.2) is 109 Å². The van der Waals surface area contributed by atoms with E-state index < -0.39 is 119 Å². The van der Waals surface area contributed by atoms with Crippen molar-refractivity contribution in [3.05, 3.63) is 153 Å². The predicted octanol–water partition coefficient (Wildman–Crippen LogP) is 19.1. The Labute approximate surface area is 674 Å². The molecule has 16 nitrogen and oxygen atoms in total. The summed E-state index contributed by atoms with van der Waals surface area (Å²) in [6, 6.07) is 27.3. The third-order valence-electron chi connectivity index (χ3n) is 22.0. The molecule has 0 aliphatic rings. The summed E-state index contributed by atoms with van der Waals surface area (Å²) in [5.41, 5.74) is 2.41. The zero-order valence-electron chi connectivity index (χ0n) is 70.9. The zero-order valence-corrected chi connectivity index (χ0v) is 73.5. The van der Waals surface area contributed by atoms with Crippen LogP contribution in [0.2, 0.25) is 18.1 Å². The first-order valence-electron chi connectivity index (χ1n) is 39.4. The first-order valence-corrected chi connectivity index (χ1v) is 44.0. The number of halogens is 3. The predicted molar refractivity (Wildman–Crippen MR) is 447 cm³/mol. The summed E-state index contributed by atoms with van der Waals surface area (Å²) in [6.45, 7) is 41.5. The van der Waals surface area contributed by atoms with Gasteiger partial charge in [-0.05, 0) is 137 Å². The Morgan fingerprint density at radius 1 is 0.473 bits per heavy atom. The molecule has 3 N–H and O–H groups in total. The van der Waals surface area contributed by atoms with Crippen molar-refractivity contribution in [1.29, 1.82) is 0 Å². The first-order chi connectivity index (χ1) is 51.7. The second-order valence-corrected chi connectivity index (χ2v) is 42.6. The molecule has 618 valence electrons. The van der Waals surface area contributed by atoms with Crippen LogP contribution in [0.4, 0.5) is 13.5 Å². The molecular formula is C90H129F3N4O12S2Si. The summed E-state index contributed by atoms with van der Waals surface area (Å²) in [5, 5.41) is 20.2. The molecule has 0 saturated carbocycles. The number of benzene rings is 4. The minimum atomic E-state index is -2.61. The molecule has 2 amide bonds. The van der Waals surface area contributed by atoms with Crippen LogP contribution in [0.1, 0.15) is 215 Å². The van der Waals surface area contributed by atoms with Gasteiger partial charge < -0.3 is 29.6 Å². The summed E-state index contributed by atoms with van der Waals surface area (Å²) in [4.78, 5) is 120. The van der Waals surface area contributed by atoms with Crippen LogP contribution >= 0.6 is 22.7 Å². The lowest BCUT2D eigenvalue weighted by atomic mass is 9.72. The minimum absolute atomic E-state index is 0. The Balaban J connectivity index is 0.000000472. The van der Waals surface area contributed by atoms with Gasteiger partial charge in [0.1, 0.15) is 34.8 Å². The lowest BCUT2D eigenvalue weighted by Crippen LogP contribution is -2.55. The fraction of sp³-hybridized carbons (Fsp3) is 0.578. The smallest absolute Gasteiger partial charge is 0.306 e. The van der Waals surface area contributed by atoms with E-state index in [1.54, 1.807) is 66.0 Å². The summed E-state index contributed by atoms with van der Waals surface area (Å²) >= 11 is 3.28. The van der Waals surface area contributed by atoms with Gasteiger partial charge in [0.2, 0.25) is 11.8 Å². The Kier molecular flexibility index (Phi) is 37.1. The molecule has 2 heterocycles. The van der Waals surface area contributed by atoms with E-state index in [1.165, 1.54) is 26.4 Å². The van der Waals surface area contributed by atoms with Crippen molar-refractivity contribution in [2.75, 3.05) is 14.2 Å². The third kappa shape index (κ3) is 29.2. The average Bonchev–Trinajstić information content (AvgIpc) is 0.923. The number of rotatable bonds is 38. The third-order valence-corrected chi connectivity index (χ3v) is 28.9. The van der Waals surface area contributed by atoms with Gasteiger partial charge in [-0.3, -0.25) is 43.1 Å². The number of ether oxygens (including phenoxy) is 2. The van der Waals surface area contributed by atoms with E-state index in [-0.39, 0.29) is 103 Å². The van der Waals surface area contributed by atoms with Crippen molar-refractivity contribution in [3.8, 4) is 20.9 Å². The summed E-state index contributed by atoms with van der Waals surface area (Å²) in [6.07, 6.45) is 4.66. The number of nitrogens with one attached hydrogen (secondary N) is 2. The number of carbonyl (C=O) groups is 8. The summed E-state index contributed by atoms with van der Waals surface area (Å²) in [7, 11) is -0.0202. The van der Waals surface area contributed by atoms with Crippen molar-refractivity contribution in [2.24, 2.45) is 57.2 Å². The summed E-state index contributed by atoms with van der Waals surface area (Å²) < 4.78 is 47.7. The van der Waals surface area contributed by atoms with Crippen molar-refractivity contribution in [1.82, 2.24) is 20.6 Å². The van der Waals surface area contributed by atoms with Gasteiger partial charge in [-0.25, -0.2) is 18.7 Å². The van der Waals surface area contributed by atoms with Crippen LogP contribution in [0.25, 0.3) is 20.9 Å². The average molecular weight is 1610 g/mol. The Morgan fingerprint density at radius 2 is 0.821 bits per heavy atom. The molecule has 2 aromatic heterocycles. The van der Waals surface area contributed by atoms with Gasteiger partial charge in [-0.1, -0.05) is 216 Å². The molecule has 6 rings (SSSR count). The molecule has 0 aliphatic heterocycles. The quantitative estimate of drug-likeness (QED) is 0.0242. The Bertz CT molecular complexity index is 4050. The Morgan fingerprint density at radius 3 is 1.14 bits per heavy atom. The van der Waals surface area contributed by atoms with E-state index in [1.807, 2.05) is 139 Å².